The number of benzene rings is 1. The van der Waals surface area contributed by atoms with Crippen LogP contribution in [0, 0.1) is 5.92 Å². The summed E-state index contributed by atoms with van der Waals surface area (Å²) in [7, 11) is 3.07. The summed E-state index contributed by atoms with van der Waals surface area (Å²) in [5.41, 5.74) is 1.16. The molecule has 1 aromatic carbocycles. The summed E-state index contributed by atoms with van der Waals surface area (Å²) in [6.07, 6.45) is 2.08. The molecule has 0 saturated carbocycles. The number of amides is 1. The molecular weight excluding hydrogens is 290 g/mol. The van der Waals surface area contributed by atoms with Crippen LogP contribution in [-0.4, -0.2) is 37.5 Å². The molecule has 0 spiro atoms. The van der Waals surface area contributed by atoms with Gasteiger partial charge in [-0.05, 0) is 30.5 Å². The molecule has 1 rings (SSSR count). The standard InChI is InChI=1S/C16H22ClNO3/c1-12(16(20)21-3)11-18(2)15(19)6-4-5-13-7-9-14(17)10-8-13/h7-10,12H,4-6,11H2,1-3H3. The predicted molar refractivity (Wildman–Crippen MR) is 83.2 cm³/mol. The maximum atomic E-state index is 12.0. The first-order valence-electron chi connectivity index (χ1n) is 7.00. The van der Waals surface area contributed by atoms with Crippen LogP contribution in [0.15, 0.2) is 24.3 Å². The van der Waals surface area contributed by atoms with Gasteiger partial charge >= 0.3 is 5.97 Å². The lowest BCUT2D eigenvalue weighted by Crippen LogP contribution is -2.34. The quantitative estimate of drug-likeness (QED) is 0.727. The van der Waals surface area contributed by atoms with Gasteiger partial charge in [-0.1, -0.05) is 30.7 Å². The van der Waals surface area contributed by atoms with Crippen molar-refractivity contribution in [3.63, 3.8) is 0 Å². The first-order valence-corrected chi connectivity index (χ1v) is 7.38. The van der Waals surface area contributed by atoms with Crippen molar-refractivity contribution in [2.75, 3.05) is 20.7 Å². The van der Waals surface area contributed by atoms with E-state index >= 15 is 0 Å². The number of carbonyl (C=O) groups is 2. The fraction of sp³-hybridized carbons (Fsp3) is 0.500. The highest BCUT2D eigenvalue weighted by molar-refractivity contribution is 6.30. The zero-order valence-electron chi connectivity index (χ0n) is 12.8. The van der Waals surface area contributed by atoms with E-state index in [0.29, 0.717) is 18.0 Å². The second-order valence-corrected chi connectivity index (χ2v) is 5.61. The molecule has 0 radical (unpaired) electrons. The van der Waals surface area contributed by atoms with Gasteiger partial charge in [0.05, 0.1) is 13.0 Å². The Labute approximate surface area is 131 Å². The summed E-state index contributed by atoms with van der Waals surface area (Å²) in [6, 6.07) is 7.64. The zero-order valence-corrected chi connectivity index (χ0v) is 13.5. The van der Waals surface area contributed by atoms with Gasteiger partial charge in [-0.2, -0.15) is 0 Å². The van der Waals surface area contributed by atoms with E-state index in [4.69, 9.17) is 11.6 Å². The van der Waals surface area contributed by atoms with Crippen LogP contribution in [0.25, 0.3) is 0 Å². The third-order valence-corrected chi connectivity index (χ3v) is 3.60. The number of carbonyl (C=O) groups excluding carboxylic acids is 2. The highest BCUT2D eigenvalue weighted by Gasteiger charge is 2.18. The number of halogens is 1. The average molecular weight is 312 g/mol. The van der Waals surface area contributed by atoms with Gasteiger partial charge in [-0.15, -0.1) is 0 Å². The SMILES string of the molecule is COC(=O)C(C)CN(C)C(=O)CCCc1ccc(Cl)cc1. The lowest BCUT2D eigenvalue weighted by Gasteiger charge is -2.20. The van der Waals surface area contributed by atoms with Crippen LogP contribution in [-0.2, 0) is 20.7 Å². The van der Waals surface area contributed by atoms with E-state index < -0.39 is 0 Å². The van der Waals surface area contributed by atoms with E-state index in [1.54, 1.807) is 18.9 Å². The van der Waals surface area contributed by atoms with Crippen LogP contribution in [0.1, 0.15) is 25.3 Å². The summed E-state index contributed by atoms with van der Waals surface area (Å²) < 4.78 is 4.65. The van der Waals surface area contributed by atoms with Gasteiger partial charge < -0.3 is 9.64 Å². The van der Waals surface area contributed by atoms with Crippen molar-refractivity contribution in [1.29, 1.82) is 0 Å². The molecule has 1 amide bonds. The van der Waals surface area contributed by atoms with Gasteiger partial charge in [0.15, 0.2) is 0 Å². The van der Waals surface area contributed by atoms with E-state index in [-0.39, 0.29) is 17.8 Å². The Hall–Kier alpha value is -1.55. The van der Waals surface area contributed by atoms with Gasteiger partial charge in [0.1, 0.15) is 0 Å². The molecule has 21 heavy (non-hydrogen) atoms. The molecule has 1 atom stereocenters. The van der Waals surface area contributed by atoms with Gasteiger partial charge in [0.25, 0.3) is 0 Å². The monoisotopic (exact) mass is 311 g/mol. The number of hydrogen-bond donors (Lipinski definition) is 0. The number of rotatable bonds is 7. The molecular formula is C16H22ClNO3. The molecule has 0 aliphatic rings. The van der Waals surface area contributed by atoms with Crippen molar-refractivity contribution in [1.82, 2.24) is 4.90 Å². The Bertz CT molecular complexity index is 473. The maximum Gasteiger partial charge on any atom is 0.310 e. The van der Waals surface area contributed by atoms with Gasteiger partial charge in [0.2, 0.25) is 5.91 Å². The average Bonchev–Trinajstić information content (AvgIpc) is 2.48. The first kappa shape index (κ1) is 17.5. The summed E-state index contributed by atoms with van der Waals surface area (Å²) in [5, 5.41) is 0.714. The van der Waals surface area contributed by atoms with Crippen molar-refractivity contribution in [2.45, 2.75) is 26.2 Å². The number of hydrogen-bond acceptors (Lipinski definition) is 3. The lowest BCUT2D eigenvalue weighted by molar-refractivity contribution is -0.146. The van der Waals surface area contributed by atoms with Crippen molar-refractivity contribution in [2.24, 2.45) is 5.92 Å². The van der Waals surface area contributed by atoms with Crippen molar-refractivity contribution >= 4 is 23.5 Å². The molecule has 1 unspecified atom stereocenters. The van der Waals surface area contributed by atoms with Crippen LogP contribution in [0.4, 0.5) is 0 Å². The zero-order chi connectivity index (χ0) is 15.8. The molecule has 0 aliphatic carbocycles. The van der Waals surface area contributed by atoms with Crippen LogP contribution < -0.4 is 0 Å². The lowest BCUT2D eigenvalue weighted by atomic mass is 10.1. The molecule has 0 bridgehead atoms. The third-order valence-electron chi connectivity index (χ3n) is 3.35. The number of aryl methyl sites for hydroxylation is 1. The number of nitrogens with zero attached hydrogens (tertiary/aromatic N) is 1. The molecule has 4 nitrogen and oxygen atoms in total. The Kier molecular flexibility index (Phi) is 7.23. The van der Waals surface area contributed by atoms with E-state index in [1.165, 1.54) is 7.11 Å². The van der Waals surface area contributed by atoms with Crippen molar-refractivity contribution < 1.29 is 14.3 Å². The number of ether oxygens (including phenoxy) is 1. The molecule has 0 N–H and O–H groups in total. The fourth-order valence-corrected chi connectivity index (χ4v) is 2.20. The molecule has 0 aliphatic heterocycles. The van der Waals surface area contributed by atoms with Gasteiger partial charge in [0, 0.05) is 25.0 Å². The highest BCUT2D eigenvalue weighted by atomic mass is 35.5. The van der Waals surface area contributed by atoms with Gasteiger partial charge in [-0.25, -0.2) is 0 Å². The highest BCUT2D eigenvalue weighted by Crippen LogP contribution is 2.12. The summed E-state index contributed by atoms with van der Waals surface area (Å²) in [4.78, 5) is 24.9. The largest absolute Gasteiger partial charge is 0.469 e. The summed E-state index contributed by atoms with van der Waals surface area (Å²) in [6.45, 7) is 2.13. The van der Waals surface area contributed by atoms with Crippen molar-refractivity contribution in [3.8, 4) is 0 Å². The Morgan fingerprint density at radius 2 is 1.90 bits per heavy atom. The molecule has 1 aromatic rings. The van der Waals surface area contributed by atoms with E-state index in [0.717, 1.165) is 18.4 Å². The smallest absolute Gasteiger partial charge is 0.310 e. The summed E-state index contributed by atoms with van der Waals surface area (Å²) in [5.74, 6) is -0.559. The molecule has 0 saturated heterocycles. The molecule has 0 fully saturated rings. The second-order valence-electron chi connectivity index (χ2n) is 5.18. The molecule has 116 valence electrons. The first-order chi connectivity index (χ1) is 9.93. The van der Waals surface area contributed by atoms with Crippen LogP contribution in [0.3, 0.4) is 0 Å². The minimum Gasteiger partial charge on any atom is -0.469 e. The van der Waals surface area contributed by atoms with Crippen LogP contribution in [0.5, 0.6) is 0 Å². The Morgan fingerprint density at radius 1 is 1.29 bits per heavy atom. The minimum atomic E-state index is -0.305. The predicted octanol–water partition coefficient (Wildman–Crippen LogP) is 2.93. The third kappa shape index (κ3) is 6.17. The Balaban J connectivity index is 2.32. The fourth-order valence-electron chi connectivity index (χ4n) is 2.07. The van der Waals surface area contributed by atoms with Gasteiger partial charge in [-0.3, -0.25) is 9.59 Å². The minimum absolute atomic E-state index is 0.0414. The topological polar surface area (TPSA) is 46.6 Å². The number of methoxy groups -OCH3 is 1. The normalized spacial score (nSPS) is 11.8. The van der Waals surface area contributed by atoms with Crippen LogP contribution >= 0.6 is 11.6 Å². The maximum absolute atomic E-state index is 12.0. The molecule has 5 heteroatoms. The molecule has 0 aromatic heterocycles. The van der Waals surface area contributed by atoms with Crippen molar-refractivity contribution in [3.05, 3.63) is 34.9 Å². The summed E-state index contributed by atoms with van der Waals surface area (Å²) >= 11 is 5.83. The second kappa shape index (κ2) is 8.67. The van der Waals surface area contributed by atoms with E-state index in [2.05, 4.69) is 4.74 Å². The Morgan fingerprint density at radius 3 is 2.48 bits per heavy atom. The van der Waals surface area contributed by atoms with E-state index in [1.807, 2.05) is 24.3 Å². The number of esters is 1. The molecule has 0 heterocycles. The van der Waals surface area contributed by atoms with Crippen LogP contribution in [0.2, 0.25) is 5.02 Å². The van der Waals surface area contributed by atoms with E-state index in [9.17, 15) is 9.59 Å².